The van der Waals surface area contributed by atoms with Gasteiger partial charge in [-0.15, -0.1) is 0 Å². The van der Waals surface area contributed by atoms with E-state index in [1.54, 1.807) is 6.92 Å². The summed E-state index contributed by atoms with van der Waals surface area (Å²) in [4.78, 5) is 13.5. The van der Waals surface area contributed by atoms with Crippen molar-refractivity contribution in [1.29, 1.82) is 0 Å². The predicted octanol–water partition coefficient (Wildman–Crippen LogP) is 1.31. The van der Waals surface area contributed by atoms with Crippen molar-refractivity contribution in [2.45, 2.75) is 51.1 Å². The summed E-state index contributed by atoms with van der Waals surface area (Å²) in [7, 11) is 2.09. The number of likely N-dealkylation sites (N-methyl/N-ethyl adjacent to an activating group) is 1. The van der Waals surface area contributed by atoms with Crippen molar-refractivity contribution in [3.8, 4) is 0 Å². The van der Waals surface area contributed by atoms with E-state index < -0.39 is 11.5 Å². The summed E-state index contributed by atoms with van der Waals surface area (Å²) in [5, 5.41) is 12.6. The molecule has 2 unspecified atom stereocenters. The summed E-state index contributed by atoms with van der Waals surface area (Å²) in [5.74, 6) is -0.734. The largest absolute Gasteiger partial charge is 0.480 e. The van der Waals surface area contributed by atoms with Gasteiger partial charge in [0.25, 0.3) is 0 Å². The molecule has 1 saturated heterocycles. The van der Waals surface area contributed by atoms with Crippen LogP contribution in [0.15, 0.2) is 0 Å². The summed E-state index contributed by atoms with van der Waals surface area (Å²) in [5.41, 5.74) is -0.766. The van der Waals surface area contributed by atoms with Gasteiger partial charge >= 0.3 is 5.97 Å². The highest BCUT2D eigenvalue weighted by Gasteiger charge is 2.34. The normalized spacial score (nSPS) is 26.3. The molecule has 4 heteroatoms. The maximum absolute atomic E-state index is 11.3. The lowest BCUT2D eigenvalue weighted by Crippen LogP contribution is -2.57. The van der Waals surface area contributed by atoms with Gasteiger partial charge in [-0.3, -0.25) is 10.1 Å². The number of carboxylic acid groups (broad SMARTS) is 1. The Morgan fingerprint density at radius 2 is 2.31 bits per heavy atom. The smallest absolute Gasteiger partial charge is 0.323 e. The molecule has 0 bridgehead atoms. The Morgan fingerprint density at radius 3 is 2.81 bits per heavy atom. The fraction of sp³-hybridized carbons (Fsp3) is 0.917. The molecule has 0 saturated carbocycles. The number of hydrogen-bond acceptors (Lipinski definition) is 3. The lowest BCUT2D eigenvalue weighted by molar-refractivity contribution is -0.145. The second-order valence-corrected chi connectivity index (χ2v) is 5.13. The fourth-order valence-corrected chi connectivity index (χ4v) is 2.48. The Morgan fingerprint density at radius 1 is 1.62 bits per heavy atom. The van der Waals surface area contributed by atoms with Crippen molar-refractivity contribution in [1.82, 2.24) is 10.2 Å². The number of nitrogens with zero attached hydrogens (tertiary/aromatic N) is 1. The Balaban J connectivity index is 2.57. The molecule has 2 N–H and O–H groups in total. The van der Waals surface area contributed by atoms with Crippen LogP contribution in [0.3, 0.4) is 0 Å². The highest BCUT2D eigenvalue weighted by atomic mass is 16.4. The molecule has 0 radical (unpaired) electrons. The van der Waals surface area contributed by atoms with E-state index >= 15 is 0 Å². The molecule has 1 rings (SSSR count). The van der Waals surface area contributed by atoms with Crippen LogP contribution in [0.4, 0.5) is 0 Å². The lowest BCUT2D eigenvalue weighted by atomic mass is 9.93. The first-order valence-corrected chi connectivity index (χ1v) is 6.17. The van der Waals surface area contributed by atoms with Crippen molar-refractivity contribution in [3.05, 3.63) is 0 Å². The second-order valence-electron chi connectivity index (χ2n) is 5.13. The minimum Gasteiger partial charge on any atom is -0.480 e. The molecular formula is C12H24N2O2. The van der Waals surface area contributed by atoms with E-state index in [4.69, 9.17) is 0 Å². The van der Waals surface area contributed by atoms with Crippen LogP contribution in [-0.2, 0) is 4.79 Å². The first-order valence-electron chi connectivity index (χ1n) is 6.17. The van der Waals surface area contributed by atoms with Crippen molar-refractivity contribution >= 4 is 5.97 Å². The Hall–Kier alpha value is -0.610. The van der Waals surface area contributed by atoms with Crippen molar-refractivity contribution in [2.24, 2.45) is 0 Å². The molecule has 4 nitrogen and oxygen atoms in total. The summed E-state index contributed by atoms with van der Waals surface area (Å²) in [6.07, 6.45) is 3.80. The zero-order valence-corrected chi connectivity index (χ0v) is 10.6. The van der Waals surface area contributed by atoms with Gasteiger partial charge in [-0.2, -0.15) is 0 Å². The van der Waals surface area contributed by atoms with Gasteiger partial charge in [0.05, 0.1) is 0 Å². The Bertz CT molecular complexity index is 245. The maximum Gasteiger partial charge on any atom is 0.323 e. The number of nitrogens with one attached hydrogen (secondary N) is 1. The van der Waals surface area contributed by atoms with Crippen LogP contribution >= 0.6 is 0 Å². The van der Waals surface area contributed by atoms with Crippen molar-refractivity contribution in [3.63, 3.8) is 0 Å². The van der Waals surface area contributed by atoms with E-state index in [1.807, 2.05) is 6.92 Å². The fourth-order valence-electron chi connectivity index (χ4n) is 2.48. The van der Waals surface area contributed by atoms with Gasteiger partial charge < -0.3 is 10.0 Å². The maximum atomic E-state index is 11.3. The van der Waals surface area contributed by atoms with E-state index in [0.29, 0.717) is 12.5 Å². The quantitative estimate of drug-likeness (QED) is 0.745. The molecule has 0 aromatic heterocycles. The molecule has 1 fully saturated rings. The number of likely N-dealkylation sites (tertiary alicyclic amines) is 1. The number of hydrogen-bond donors (Lipinski definition) is 2. The van der Waals surface area contributed by atoms with Crippen LogP contribution in [0.1, 0.15) is 39.5 Å². The number of carbonyl (C=O) groups is 1. The summed E-state index contributed by atoms with van der Waals surface area (Å²) >= 11 is 0. The minimum atomic E-state index is -0.766. The first-order chi connectivity index (χ1) is 7.48. The number of rotatable bonds is 5. The molecule has 1 aliphatic rings. The van der Waals surface area contributed by atoms with Crippen LogP contribution in [-0.4, -0.2) is 47.7 Å². The summed E-state index contributed by atoms with van der Waals surface area (Å²) < 4.78 is 0. The van der Waals surface area contributed by atoms with Crippen molar-refractivity contribution < 1.29 is 9.90 Å². The number of carboxylic acids is 1. The highest BCUT2D eigenvalue weighted by molar-refractivity contribution is 5.78. The van der Waals surface area contributed by atoms with Gasteiger partial charge in [0.1, 0.15) is 5.54 Å². The molecule has 0 spiro atoms. The Labute approximate surface area is 98.0 Å². The molecule has 94 valence electrons. The summed E-state index contributed by atoms with van der Waals surface area (Å²) in [6.45, 7) is 5.89. The zero-order valence-electron chi connectivity index (χ0n) is 10.6. The molecule has 1 heterocycles. The summed E-state index contributed by atoms with van der Waals surface area (Å²) in [6, 6.07) is 0.311. The van der Waals surface area contributed by atoms with E-state index in [1.165, 1.54) is 0 Å². The molecule has 0 amide bonds. The molecule has 0 aromatic rings. The lowest BCUT2D eigenvalue weighted by Gasteiger charge is -2.36. The SMILES string of the molecule is CCCC(C)(NC1CCCN(C)C1)C(=O)O. The molecular weight excluding hydrogens is 204 g/mol. The standard InChI is InChI=1S/C12H24N2O2/c1-4-7-12(2,11(15)16)13-10-6-5-8-14(3)9-10/h10,13H,4-9H2,1-3H3,(H,15,16). The van der Waals surface area contributed by atoms with Crippen LogP contribution < -0.4 is 5.32 Å². The third-order valence-corrected chi connectivity index (χ3v) is 3.37. The molecule has 16 heavy (non-hydrogen) atoms. The van der Waals surface area contributed by atoms with Crippen LogP contribution in [0, 0.1) is 0 Å². The van der Waals surface area contributed by atoms with Gasteiger partial charge in [0.15, 0.2) is 0 Å². The van der Waals surface area contributed by atoms with E-state index in [2.05, 4.69) is 17.3 Å². The van der Waals surface area contributed by atoms with E-state index in [0.717, 1.165) is 32.4 Å². The molecule has 1 aliphatic heterocycles. The van der Waals surface area contributed by atoms with Crippen LogP contribution in [0.25, 0.3) is 0 Å². The van der Waals surface area contributed by atoms with Crippen LogP contribution in [0.2, 0.25) is 0 Å². The minimum absolute atomic E-state index is 0.311. The third-order valence-electron chi connectivity index (χ3n) is 3.37. The average Bonchev–Trinajstić information content (AvgIpc) is 2.17. The van der Waals surface area contributed by atoms with E-state index in [9.17, 15) is 9.90 Å². The number of aliphatic carboxylic acids is 1. The second kappa shape index (κ2) is 5.64. The average molecular weight is 228 g/mol. The van der Waals surface area contributed by atoms with E-state index in [-0.39, 0.29) is 0 Å². The van der Waals surface area contributed by atoms with Gasteiger partial charge in [0, 0.05) is 12.6 Å². The van der Waals surface area contributed by atoms with Gasteiger partial charge in [0.2, 0.25) is 0 Å². The van der Waals surface area contributed by atoms with Crippen molar-refractivity contribution in [2.75, 3.05) is 20.1 Å². The molecule has 0 aromatic carbocycles. The Kier molecular flexibility index (Phi) is 4.74. The van der Waals surface area contributed by atoms with Gasteiger partial charge in [-0.1, -0.05) is 13.3 Å². The monoisotopic (exact) mass is 228 g/mol. The third kappa shape index (κ3) is 3.46. The molecule has 0 aliphatic carbocycles. The predicted molar refractivity (Wildman–Crippen MR) is 64.6 cm³/mol. The van der Waals surface area contributed by atoms with Gasteiger partial charge in [-0.05, 0) is 39.8 Å². The van der Waals surface area contributed by atoms with Crippen LogP contribution in [0.5, 0.6) is 0 Å². The van der Waals surface area contributed by atoms with Gasteiger partial charge in [-0.25, -0.2) is 0 Å². The first kappa shape index (κ1) is 13.5. The highest BCUT2D eigenvalue weighted by Crippen LogP contribution is 2.17. The number of piperidine rings is 1. The zero-order chi connectivity index (χ0) is 12.2. The molecule has 2 atom stereocenters. The topological polar surface area (TPSA) is 52.6 Å².